The largest absolute Gasteiger partial charge is 0.308 e. The van der Waals surface area contributed by atoms with E-state index in [9.17, 15) is 10.5 Å². The van der Waals surface area contributed by atoms with Crippen LogP contribution in [0.4, 0.5) is 0 Å². The molecule has 0 saturated heterocycles. The second kappa shape index (κ2) is 10.4. The van der Waals surface area contributed by atoms with Gasteiger partial charge in [0, 0.05) is 38.2 Å². The van der Waals surface area contributed by atoms with E-state index in [1.54, 1.807) is 0 Å². The first kappa shape index (κ1) is 25.8. The van der Waals surface area contributed by atoms with E-state index >= 15 is 0 Å². The SMILES string of the molecule is CC.N#Cc1ccc2c3cc(-c4nc(-c5ccccc5)nc(-c5ccccc5)n4)cc4c5ccc(C#N)cc5n(c2c1)c34. The molecule has 0 spiro atoms. The summed E-state index contributed by atoms with van der Waals surface area (Å²) in [6.45, 7) is 4.00. The van der Waals surface area contributed by atoms with Gasteiger partial charge in [-0.05, 0) is 36.4 Å². The fourth-order valence-electron chi connectivity index (χ4n) is 5.75. The Morgan fingerprint density at radius 1 is 0.488 bits per heavy atom. The molecule has 5 aromatic carbocycles. The molecule has 3 aromatic heterocycles. The van der Waals surface area contributed by atoms with Crippen molar-refractivity contribution in [2.24, 2.45) is 0 Å². The number of nitrogens with zero attached hydrogens (tertiary/aromatic N) is 6. The first-order valence-electron chi connectivity index (χ1n) is 14.2. The molecule has 0 amide bonds. The van der Waals surface area contributed by atoms with E-state index < -0.39 is 0 Å². The van der Waals surface area contributed by atoms with E-state index in [0.717, 1.165) is 54.8 Å². The van der Waals surface area contributed by atoms with Crippen LogP contribution >= 0.6 is 0 Å². The molecular weight excluding hydrogens is 528 g/mol. The van der Waals surface area contributed by atoms with Gasteiger partial charge in [0.2, 0.25) is 0 Å². The molecule has 0 atom stereocenters. The van der Waals surface area contributed by atoms with Gasteiger partial charge < -0.3 is 4.40 Å². The number of fused-ring (bicyclic) bond motifs is 6. The second-order valence-corrected chi connectivity index (χ2v) is 9.98. The average Bonchev–Trinajstić information content (AvgIpc) is 3.60. The normalized spacial score (nSPS) is 11.0. The van der Waals surface area contributed by atoms with Gasteiger partial charge in [0.15, 0.2) is 17.5 Å². The maximum absolute atomic E-state index is 9.63. The van der Waals surface area contributed by atoms with E-state index in [4.69, 9.17) is 15.0 Å². The lowest BCUT2D eigenvalue weighted by atomic mass is 10.0. The number of nitriles is 2. The molecule has 3 heterocycles. The van der Waals surface area contributed by atoms with Crippen LogP contribution in [0.1, 0.15) is 25.0 Å². The van der Waals surface area contributed by atoms with Crippen LogP contribution in [0.15, 0.2) is 109 Å². The Hall–Kier alpha value is -6.11. The fraction of sp³-hybridized carbons (Fsp3) is 0.0541. The summed E-state index contributed by atoms with van der Waals surface area (Å²) in [4.78, 5) is 14.8. The lowest BCUT2D eigenvalue weighted by Gasteiger charge is -2.09. The van der Waals surface area contributed by atoms with Crippen LogP contribution in [0.25, 0.3) is 72.3 Å². The van der Waals surface area contributed by atoms with Crippen LogP contribution in [0.2, 0.25) is 0 Å². The van der Waals surface area contributed by atoms with Crippen molar-refractivity contribution >= 4 is 38.1 Å². The predicted octanol–water partition coefficient (Wildman–Crippen LogP) is 8.79. The average molecular weight is 553 g/mol. The highest BCUT2D eigenvalue weighted by molar-refractivity contribution is 6.24. The van der Waals surface area contributed by atoms with E-state index in [-0.39, 0.29) is 0 Å². The van der Waals surface area contributed by atoms with Gasteiger partial charge in [-0.15, -0.1) is 0 Å². The van der Waals surface area contributed by atoms with E-state index in [1.165, 1.54) is 0 Å². The molecule has 6 nitrogen and oxygen atoms in total. The summed E-state index contributed by atoms with van der Waals surface area (Å²) in [5.74, 6) is 1.78. The lowest BCUT2D eigenvalue weighted by Crippen LogP contribution is -2.00. The number of aromatic nitrogens is 4. The van der Waals surface area contributed by atoms with Crippen molar-refractivity contribution < 1.29 is 0 Å². The Balaban J connectivity index is 0.00000147. The number of benzene rings is 5. The first-order valence-corrected chi connectivity index (χ1v) is 14.2. The summed E-state index contributed by atoms with van der Waals surface area (Å²) in [6, 6.07) is 40.1. The molecule has 8 aromatic rings. The van der Waals surface area contributed by atoms with Crippen molar-refractivity contribution in [3.8, 4) is 46.3 Å². The van der Waals surface area contributed by atoms with Crippen LogP contribution < -0.4 is 0 Å². The summed E-state index contributed by atoms with van der Waals surface area (Å²) in [6.07, 6.45) is 0. The minimum absolute atomic E-state index is 0.576. The number of hydrogen-bond acceptors (Lipinski definition) is 5. The molecule has 0 saturated carbocycles. The van der Waals surface area contributed by atoms with Gasteiger partial charge in [0.1, 0.15) is 0 Å². The monoisotopic (exact) mass is 552 g/mol. The quantitative estimate of drug-likeness (QED) is 0.218. The van der Waals surface area contributed by atoms with Gasteiger partial charge in [-0.25, -0.2) is 15.0 Å². The van der Waals surface area contributed by atoms with Crippen LogP contribution in [0.3, 0.4) is 0 Å². The van der Waals surface area contributed by atoms with E-state index in [1.807, 2.05) is 111 Å². The molecule has 8 rings (SSSR count). The molecule has 0 fully saturated rings. The Morgan fingerprint density at radius 2 is 0.907 bits per heavy atom. The van der Waals surface area contributed by atoms with Crippen molar-refractivity contribution in [1.29, 1.82) is 10.5 Å². The zero-order valence-corrected chi connectivity index (χ0v) is 23.6. The third-order valence-corrected chi connectivity index (χ3v) is 7.61. The molecule has 0 aliphatic rings. The summed E-state index contributed by atoms with van der Waals surface area (Å²) in [7, 11) is 0. The molecule has 0 aliphatic carbocycles. The van der Waals surface area contributed by atoms with Crippen molar-refractivity contribution in [3.63, 3.8) is 0 Å². The maximum Gasteiger partial charge on any atom is 0.164 e. The molecule has 0 N–H and O–H groups in total. The molecule has 0 aliphatic heterocycles. The van der Waals surface area contributed by atoms with Gasteiger partial charge >= 0.3 is 0 Å². The van der Waals surface area contributed by atoms with Crippen LogP contribution in [-0.2, 0) is 0 Å². The van der Waals surface area contributed by atoms with Crippen LogP contribution in [-0.4, -0.2) is 19.4 Å². The Labute approximate surface area is 248 Å². The highest BCUT2D eigenvalue weighted by atomic mass is 15.0. The van der Waals surface area contributed by atoms with Crippen molar-refractivity contribution in [1.82, 2.24) is 19.4 Å². The van der Waals surface area contributed by atoms with Crippen molar-refractivity contribution in [2.45, 2.75) is 13.8 Å². The highest BCUT2D eigenvalue weighted by Crippen LogP contribution is 2.42. The minimum Gasteiger partial charge on any atom is -0.308 e. The van der Waals surface area contributed by atoms with Crippen LogP contribution in [0, 0.1) is 22.7 Å². The molecule has 202 valence electrons. The molecule has 0 bridgehead atoms. The second-order valence-electron chi connectivity index (χ2n) is 9.98. The Bertz CT molecular complexity index is 2220. The third-order valence-electron chi connectivity index (χ3n) is 7.61. The zero-order chi connectivity index (χ0) is 29.5. The number of rotatable bonds is 3. The summed E-state index contributed by atoms with van der Waals surface area (Å²) in [5, 5.41) is 23.4. The first-order chi connectivity index (χ1) is 21.2. The molecule has 0 unspecified atom stereocenters. The fourth-order valence-corrected chi connectivity index (χ4v) is 5.75. The van der Waals surface area contributed by atoms with Crippen molar-refractivity contribution in [3.05, 3.63) is 120 Å². The summed E-state index contributed by atoms with van der Waals surface area (Å²) < 4.78 is 2.17. The molecule has 0 radical (unpaired) electrons. The van der Waals surface area contributed by atoms with Gasteiger partial charge in [0.25, 0.3) is 0 Å². The van der Waals surface area contributed by atoms with E-state index in [2.05, 4.69) is 28.7 Å². The van der Waals surface area contributed by atoms with Crippen LogP contribution in [0.5, 0.6) is 0 Å². The Kier molecular flexibility index (Phi) is 6.23. The van der Waals surface area contributed by atoms with E-state index in [0.29, 0.717) is 28.6 Å². The zero-order valence-electron chi connectivity index (χ0n) is 23.6. The van der Waals surface area contributed by atoms with Crippen molar-refractivity contribution in [2.75, 3.05) is 0 Å². The standard InChI is InChI=1S/C35H18N6.C2H6/c36-19-21-11-13-26-28-17-25(18-29-27-14-12-22(20-37)16-31(27)41(32(28)29)30(26)15-21)35-39-33(23-7-3-1-4-8-23)38-34(40-35)24-9-5-2-6-10-24;1-2/h1-18H;1-2H3. The maximum atomic E-state index is 9.63. The predicted molar refractivity (Wildman–Crippen MR) is 172 cm³/mol. The molecule has 43 heavy (non-hydrogen) atoms. The third kappa shape index (κ3) is 4.13. The van der Waals surface area contributed by atoms with Gasteiger partial charge in [-0.3, -0.25) is 0 Å². The van der Waals surface area contributed by atoms with Gasteiger partial charge in [0.05, 0.1) is 39.8 Å². The smallest absolute Gasteiger partial charge is 0.164 e. The highest BCUT2D eigenvalue weighted by Gasteiger charge is 2.21. The van der Waals surface area contributed by atoms with Gasteiger partial charge in [-0.1, -0.05) is 86.6 Å². The molecule has 6 heteroatoms. The lowest BCUT2D eigenvalue weighted by molar-refractivity contribution is 1.07. The van der Waals surface area contributed by atoms with Gasteiger partial charge in [-0.2, -0.15) is 10.5 Å². The summed E-state index contributed by atoms with van der Waals surface area (Å²) >= 11 is 0. The summed E-state index contributed by atoms with van der Waals surface area (Å²) in [5.41, 5.74) is 6.76. The molecular formula is C37H24N6. The number of hydrogen-bond donors (Lipinski definition) is 0. The minimum atomic E-state index is 0.576. The Morgan fingerprint density at radius 3 is 1.33 bits per heavy atom. The topological polar surface area (TPSA) is 90.7 Å².